The zero-order valence-electron chi connectivity index (χ0n) is 13.4. The van der Waals surface area contributed by atoms with E-state index in [1.54, 1.807) is 18.2 Å². The monoisotopic (exact) mass is 310 g/mol. The van der Waals surface area contributed by atoms with E-state index >= 15 is 0 Å². The van der Waals surface area contributed by atoms with Crippen LogP contribution in [0.25, 0.3) is 22.7 Å². The van der Waals surface area contributed by atoms with Crippen LogP contribution < -0.4 is 5.32 Å². The van der Waals surface area contributed by atoms with Gasteiger partial charge in [0.1, 0.15) is 11.5 Å². The number of benzene rings is 2. The van der Waals surface area contributed by atoms with Crippen LogP contribution in [0.2, 0.25) is 0 Å². The highest BCUT2D eigenvalue weighted by Crippen LogP contribution is 2.35. The molecule has 0 saturated heterocycles. The number of aromatic nitrogens is 1. The summed E-state index contributed by atoms with van der Waals surface area (Å²) in [6, 6.07) is 16.2. The Morgan fingerprint density at radius 2 is 1.61 bits per heavy atom. The second-order valence-corrected chi connectivity index (χ2v) is 6.42. The highest BCUT2D eigenvalue weighted by atomic mass is 19.1. The minimum absolute atomic E-state index is 0.229. The Morgan fingerprint density at radius 3 is 2.26 bits per heavy atom. The van der Waals surface area contributed by atoms with Crippen molar-refractivity contribution >= 4 is 5.88 Å². The highest BCUT2D eigenvalue weighted by Gasteiger charge is 2.22. The fraction of sp³-hybridized carbons (Fsp3) is 0.211. The van der Waals surface area contributed by atoms with Gasteiger partial charge in [0.05, 0.1) is 0 Å². The lowest BCUT2D eigenvalue weighted by Crippen LogP contribution is -2.26. The van der Waals surface area contributed by atoms with Gasteiger partial charge in [-0.2, -0.15) is 0 Å². The molecule has 0 unspecified atom stereocenters. The number of halogens is 1. The second kappa shape index (κ2) is 5.88. The van der Waals surface area contributed by atoms with Gasteiger partial charge < -0.3 is 9.73 Å². The Balaban J connectivity index is 2.13. The summed E-state index contributed by atoms with van der Waals surface area (Å²) in [7, 11) is 0. The molecule has 0 aliphatic carbocycles. The van der Waals surface area contributed by atoms with Crippen molar-refractivity contribution in [1.82, 2.24) is 4.98 Å². The van der Waals surface area contributed by atoms with Crippen LogP contribution in [0.4, 0.5) is 10.3 Å². The quantitative estimate of drug-likeness (QED) is 0.708. The molecule has 23 heavy (non-hydrogen) atoms. The molecular weight excluding hydrogens is 291 g/mol. The lowest BCUT2D eigenvalue weighted by molar-refractivity contribution is 0.544. The van der Waals surface area contributed by atoms with Crippen molar-refractivity contribution in [2.24, 2.45) is 0 Å². The van der Waals surface area contributed by atoms with E-state index in [1.165, 1.54) is 6.07 Å². The first-order chi connectivity index (χ1) is 10.9. The SMILES string of the molecule is CC(C)(C)Nc1oc(-c2ccccc2)nc1-c1ccccc1F. The van der Waals surface area contributed by atoms with E-state index in [0.29, 0.717) is 23.0 Å². The zero-order chi connectivity index (χ0) is 16.4. The standard InChI is InChI=1S/C19H19FN2O/c1-19(2,3)22-18-16(14-11-7-8-12-15(14)20)21-17(23-18)13-9-5-4-6-10-13/h4-12,22H,1-3H3. The van der Waals surface area contributed by atoms with Gasteiger partial charge >= 0.3 is 0 Å². The summed E-state index contributed by atoms with van der Waals surface area (Å²) in [6.45, 7) is 6.05. The number of hydrogen-bond acceptors (Lipinski definition) is 3. The van der Waals surface area contributed by atoms with E-state index < -0.39 is 0 Å². The third-order valence-corrected chi connectivity index (χ3v) is 3.27. The van der Waals surface area contributed by atoms with Gasteiger partial charge in [-0.05, 0) is 45.0 Å². The third kappa shape index (κ3) is 3.42. The summed E-state index contributed by atoms with van der Waals surface area (Å²) >= 11 is 0. The summed E-state index contributed by atoms with van der Waals surface area (Å²) in [6.07, 6.45) is 0. The molecule has 0 saturated carbocycles. The summed E-state index contributed by atoms with van der Waals surface area (Å²) in [5.74, 6) is 0.620. The lowest BCUT2D eigenvalue weighted by atomic mass is 10.1. The van der Waals surface area contributed by atoms with Crippen molar-refractivity contribution in [2.75, 3.05) is 5.32 Å². The first-order valence-electron chi connectivity index (χ1n) is 7.53. The largest absolute Gasteiger partial charge is 0.420 e. The number of rotatable bonds is 3. The molecule has 0 aliphatic heterocycles. The maximum Gasteiger partial charge on any atom is 0.229 e. The van der Waals surface area contributed by atoms with Gasteiger partial charge in [-0.25, -0.2) is 9.37 Å². The first-order valence-corrected chi connectivity index (χ1v) is 7.53. The van der Waals surface area contributed by atoms with E-state index in [9.17, 15) is 4.39 Å². The minimum Gasteiger partial charge on any atom is -0.420 e. The second-order valence-electron chi connectivity index (χ2n) is 6.42. The van der Waals surface area contributed by atoms with Crippen LogP contribution in [0, 0.1) is 5.82 Å². The van der Waals surface area contributed by atoms with Crippen LogP contribution in [-0.4, -0.2) is 10.5 Å². The molecule has 4 heteroatoms. The lowest BCUT2D eigenvalue weighted by Gasteiger charge is -2.20. The number of oxazole rings is 1. The van der Waals surface area contributed by atoms with Crippen molar-refractivity contribution in [3.63, 3.8) is 0 Å². The van der Waals surface area contributed by atoms with Crippen molar-refractivity contribution in [2.45, 2.75) is 26.3 Å². The van der Waals surface area contributed by atoms with Crippen LogP contribution in [0.15, 0.2) is 59.0 Å². The van der Waals surface area contributed by atoms with Gasteiger partial charge in [0, 0.05) is 16.7 Å². The van der Waals surface area contributed by atoms with Crippen LogP contribution in [0.1, 0.15) is 20.8 Å². The van der Waals surface area contributed by atoms with Gasteiger partial charge in [-0.3, -0.25) is 0 Å². The molecule has 1 aromatic heterocycles. The predicted octanol–water partition coefficient (Wildman–Crippen LogP) is 5.36. The fourth-order valence-corrected chi connectivity index (χ4v) is 2.29. The molecule has 2 aromatic carbocycles. The smallest absolute Gasteiger partial charge is 0.229 e. The summed E-state index contributed by atoms with van der Waals surface area (Å²) in [5.41, 5.74) is 1.53. The highest BCUT2D eigenvalue weighted by molar-refractivity contribution is 5.74. The molecule has 0 atom stereocenters. The molecule has 0 fully saturated rings. The Hall–Kier alpha value is -2.62. The van der Waals surface area contributed by atoms with E-state index in [4.69, 9.17) is 4.42 Å². The van der Waals surface area contributed by atoms with E-state index in [-0.39, 0.29) is 11.4 Å². The van der Waals surface area contributed by atoms with Gasteiger partial charge in [0.2, 0.25) is 11.8 Å². The Labute approximate surface area is 135 Å². The molecule has 0 bridgehead atoms. The molecule has 3 aromatic rings. The summed E-state index contributed by atoms with van der Waals surface area (Å²) < 4.78 is 20.1. The van der Waals surface area contributed by atoms with Crippen molar-refractivity contribution in [3.8, 4) is 22.7 Å². The average Bonchev–Trinajstić information content (AvgIpc) is 2.90. The number of anilines is 1. The van der Waals surface area contributed by atoms with E-state index in [0.717, 1.165) is 5.56 Å². The minimum atomic E-state index is -0.322. The predicted molar refractivity (Wildman–Crippen MR) is 90.7 cm³/mol. The summed E-state index contributed by atoms with van der Waals surface area (Å²) in [5, 5.41) is 3.27. The molecule has 3 nitrogen and oxygen atoms in total. The topological polar surface area (TPSA) is 38.1 Å². The maximum atomic E-state index is 14.2. The van der Waals surface area contributed by atoms with Crippen LogP contribution >= 0.6 is 0 Å². The fourth-order valence-electron chi connectivity index (χ4n) is 2.29. The van der Waals surface area contributed by atoms with Crippen LogP contribution in [0.3, 0.4) is 0 Å². The molecule has 3 rings (SSSR count). The van der Waals surface area contributed by atoms with E-state index in [2.05, 4.69) is 10.3 Å². The molecule has 0 spiro atoms. The molecule has 118 valence electrons. The van der Waals surface area contributed by atoms with Crippen LogP contribution in [0.5, 0.6) is 0 Å². The van der Waals surface area contributed by atoms with Gasteiger partial charge in [0.25, 0.3) is 0 Å². The third-order valence-electron chi connectivity index (χ3n) is 3.27. The summed E-state index contributed by atoms with van der Waals surface area (Å²) in [4.78, 5) is 4.53. The molecule has 0 radical (unpaired) electrons. The van der Waals surface area contributed by atoms with Crippen molar-refractivity contribution < 1.29 is 8.81 Å². The normalized spacial score (nSPS) is 11.5. The molecular formula is C19H19FN2O. The molecule has 1 N–H and O–H groups in total. The van der Waals surface area contributed by atoms with Crippen molar-refractivity contribution in [3.05, 3.63) is 60.4 Å². The molecule has 0 amide bonds. The average molecular weight is 310 g/mol. The van der Waals surface area contributed by atoms with Crippen molar-refractivity contribution in [1.29, 1.82) is 0 Å². The molecule has 1 heterocycles. The first kappa shape index (κ1) is 15.3. The Kier molecular flexibility index (Phi) is 3.90. The Bertz CT molecular complexity index is 804. The maximum absolute atomic E-state index is 14.2. The van der Waals surface area contributed by atoms with Gasteiger partial charge in [-0.1, -0.05) is 30.3 Å². The van der Waals surface area contributed by atoms with Gasteiger partial charge in [0.15, 0.2) is 0 Å². The number of hydrogen-bond donors (Lipinski definition) is 1. The van der Waals surface area contributed by atoms with E-state index in [1.807, 2.05) is 51.1 Å². The van der Waals surface area contributed by atoms with Crippen LogP contribution in [-0.2, 0) is 0 Å². The Morgan fingerprint density at radius 1 is 0.957 bits per heavy atom. The molecule has 0 aliphatic rings. The number of nitrogens with one attached hydrogen (secondary N) is 1. The zero-order valence-corrected chi connectivity index (χ0v) is 13.4. The van der Waals surface area contributed by atoms with Gasteiger partial charge in [-0.15, -0.1) is 0 Å². The number of nitrogens with zero attached hydrogens (tertiary/aromatic N) is 1.